The molecule has 1 aliphatic carbocycles. The highest BCUT2D eigenvalue weighted by Gasteiger charge is 2.25. The Morgan fingerprint density at radius 3 is 2.51 bits per heavy atom. The second-order valence-corrected chi connectivity index (χ2v) is 10.3. The molecule has 1 atom stereocenters. The van der Waals surface area contributed by atoms with E-state index in [2.05, 4.69) is 20.5 Å². The summed E-state index contributed by atoms with van der Waals surface area (Å²) in [6.45, 7) is 2.35. The number of ether oxygens (including phenoxy) is 1. The number of benzene rings is 2. The average molecular weight is 508 g/mol. The van der Waals surface area contributed by atoms with Crippen molar-refractivity contribution in [1.29, 1.82) is 0 Å². The predicted octanol–water partition coefficient (Wildman–Crippen LogP) is 3.86. The number of aromatic amines is 1. The van der Waals surface area contributed by atoms with Gasteiger partial charge in [-0.05, 0) is 62.1 Å². The van der Waals surface area contributed by atoms with E-state index < -0.39 is 6.10 Å². The van der Waals surface area contributed by atoms with Gasteiger partial charge >= 0.3 is 11.7 Å². The Balaban J connectivity index is 1.03. The van der Waals surface area contributed by atoms with Crippen molar-refractivity contribution in [3.05, 3.63) is 59.0 Å². The third-order valence-electron chi connectivity index (χ3n) is 7.51. The first-order valence-electron chi connectivity index (χ1n) is 13.5. The van der Waals surface area contributed by atoms with Crippen LogP contribution in [0.25, 0.3) is 11.0 Å². The number of nitrogens with zero attached hydrogens (tertiary/aromatic N) is 2. The fourth-order valence-electron chi connectivity index (χ4n) is 5.57. The second-order valence-electron chi connectivity index (χ2n) is 10.3. The molecule has 3 aromatic rings. The number of fused-ring (bicyclic) bond motifs is 1. The van der Waals surface area contributed by atoms with Crippen molar-refractivity contribution in [3.63, 3.8) is 0 Å². The number of nitrogens with one attached hydrogen (secondary N) is 3. The van der Waals surface area contributed by atoms with E-state index in [0.717, 1.165) is 49.8 Å². The molecule has 9 nitrogen and oxygen atoms in total. The molecule has 2 amide bonds. The minimum atomic E-state index is -0.619. The number of anilines is 1. The summed E-state index contributed by atoms with van der Waals surface area (Å²) in [5, 5.41) is 16.5. The maximum atomic E-state index is 12.5. The molecule has 1 aromatic heterocycles. The summed E-state index contributed by atoms with van der Waals surface area (Å²) in [7, 11) is 0. The predicted molar refractivity (Wildman–Crippen MR) is 144 cm³/mol. The number of hydrogen-bond donors (Lipinski definition) is 4. The molecule has 1 unspecified atom stereocenters. The second kappa shape index (κ2) is 11.8. The Labute approximate surface area is 216 Å². The number of H-pyrrole nitrogens is 1. The molecule has 9 heteroatoms. The van der Waals surface area contributed by atoms with Crippen molar-refractivity contribution in [2.75, 3.05) is 31.6 Å². The molecule has 0 radical (unpaired) electrons. The molecule has 2 heterocycles. The van der Waals surface area contributed by atoms with Gasteiger partial charge in [-0.1, -0.05) is 31.4 Å². The molecule has 0 spiro atoms. The van der Waals surface area contributed by atoms with Crippen molar-refractivity contribution in [2.45, 2.75) is 63.1 Å². The lowest BCUT2D eigenvalue weighted by Gasteiger charge is -2.33. The number of carbonyl (C=O) groups excluding carboxylic acids is 1. The van der Waals surface area contributed by atoms with Crippen LogP contribution < -0.4 is 21.1 Å². The van der Waals surface area contributed by atoms with Gasteiger partial charge in [-0.15, -0.1) is 0 Å². The molecular weight excluding hydrogens is 470 g/mol. The Kier molecular flexibility index (Phi) is 8.11. The lowest BCUT2D eigenvalue weighted by atomic mass is 9.96. The molecule has 5 rings (SSSR count). The maximum Gasteiger partial charge on any atom is 0.326 e. The van der Waals surface area contributed by atoms with Crippen molar-refractivity contribution in [2.24, 2.45) is 0 Å². The highest BCUT2D eigenvalue weighted by molar-refractivity contribution is 5.89. The van der Waals surface area contributed by atoms with Crippen LogP contribution in [0.4, 0.5) is 10.5 Å². The molecule has 198 valence electrons. The topological polar surface area (TPSA) is 112 Å². The van der Waals surface area contributed by atoms with E-state index in [0.29, 0.717) is 18.0 Å². The SMILES string of the molecule is O=C(Nc1ccc(OCC(O)CN2CCC(n3c(=O)[nH]c4ccccc43)CC2)cc1)NC1CCCCC1. The van der Waals surface area contributed by atoms with Crippen molar-refractivity contribution < 1.29 is 14.6 Å². The third-order valence-corrected chi connectivity index (χ3v) is 7.51. The Bertz CT molecular complexity index is 1220. The van der Waals surface area contributed by atoms with Crippen molar-refractivity contribution in [1.82, 2.24) is 19.8 Å². The number of β-amino-alcohol motifs (C(OH)–C–C–N with tert-alkyl or cyclic N) is 1. The van der Waals surface area contributed by atoms with Crippen molar-refractivity contribution in [3.8, 4) is 5.75 Å². The number of imidazole rings is 1. The van der Waals surface area contributed by atoms with Gasteiger partial charge in [-0.25, -0.2) is 9.59 Å². The van der Waals surface area contributed by atoms with Crippen LogP contribution >= 0.6 is 0 Å². The van der Waals surface area contributed by atoms with Crippen LogP contribution in [0.15, 0.2) is 53.3 Å². The van der Waals surface area contributed by atoms with E-state index in [4.69, 9.17) is 4.74 Å². The number of aromatic nitrogens is 2. The number of likely N-dealkylation sites (tertiary alicyclic amines) is 1. The zero-order valence-corrected chi connectivity index (χ0v) is 21.2. The monoisotopic (exact) mass is 507 g/mol. The largest absolute Gasteiger partial charge is 0.491 e. The molecule has 37 heavy (non-hydrogen) atoms. The number of para-hydroxylation sites is 2. The highest BCUT2D eigenvalue weighted by Crippen LogP contribution is 2.25. The number of aliphatic hydroxyl groups excluding tert-OH is 1. The van der Waals surface area contributed by atoms with Gasteiger partial charge in [0.25, 0.3) is 0 Å². The maximum absolute atomic E-state index is 12.5. The van der Waals surface area contributed by atoms with Gasteiger partial charge in [0.05, 0.1) is 11.0 Å². The lowest BCUT2D eigenvalue weighted by Crippen LogP contribution is -2.42. The summed E-state index contributed by atoms with van der Waals surface area (Å²) in [4.78, 5) is 29.9. The molecule has 2 aliphatic rings. The molecule has 4 N–H and O–H groups in total. The van der Waals surface area contributed by atoms with Crippen LogP contribution in [0.1, 0.15) is 51.0 Å². The number of amides is 2. The Morgan fingerprint density at radius 1 is 1.03 bits per heavy atom. The summed E-state index contributed by atoms with van der Waals surface area (Å²) in [6.07, 6.45) is 6.79. The van der Waals surface area contributed by atoms with Gasteiger partial charge in [0.2, 0.25) is 0 Å². The van der Waals surface area contributed by atoms with E-state index in [-0.39, 0.29) is 30.4 Å². The molecular formula is C28H37N5O4. The fourth-order valence-corrected chi connectivity index (χ4v) is 5.57. The number of aliphatic hydroxyl groups is 1. The van der Waals surface area contributed by atoms with E-state index in [1.54, 1.807) is 24.3 Å². The summed E-state index contributed by atoms with van der Waals surface area (Å²) < 4.78 is 7.66. The summed E-state index contributed by atoms with van der Waals surface area (Å²) in [5.74, 6) is 0.648. The van der Waals surface area contributed by atoms with Gasteiger partial charge < -0.3 is 30.4 Å². The summed E-state index contributed by atoms with van der Waals surface area (Å²) >= 11 is 0. The van der Waals surface area contributed by atoms with Crippen LogP contribution in [0.2, 0.25) is 0 Å². The zero-order valence-electron chi connectivity index (χ0n) is 21.2. The molecule has 0 bridgehead atoms. The van der Waals surface area contributed by atoms with Gasteiger partial charge in [-0.3, -0.25) is 4.57 Å². The third kappa shape index (κ3) is 6.53. The quantitative estimate of drug-likeness (QED) is 0.370. The first kappa shape index (κ1) is 25.4. The van der Waals surface area contributed by atoms with Gasteiger partial charge in [-0.2, -0.15) is 0 Å². The minimum absolute atomic E-state index is 0.0563. The molecule has 2 aromatic carbocycles. The number of urea groups is 1. The minimum Gasteiger partial charge on any atom is -0.491 e. The van der Waals surface area contributed by atoms with Crippen LogP contribution in [0.5, 0.6) is 5.75 Å². The Morgan fingerprint density at radius 2 is 1.76 bits per heavy atom. The smallest absolute Gasteiger partial charge is 0.326 e. The van der Waals surface area contributed by atoms with Crippen LogP contribution in [-0.4, -0.2) is 64.0 Å². The van der Waals surface area contributed by atoms with Crippen LogP contribution in [-0.2, 0) is 0 Å². The van der Waals surface area contributed by atoms with Crippen molar-refractivity contribution >= 4 is 22.8 Å². The molecule has 1 saturated heterocycles. The standard InChI is InChI=1S/C28H37N5O4/c34-23(18-32-16-14-22(15-17-32)33-26-9-5-4-8-25(26)31-28(33)36)19-37-24-12-10-21(11-13-24)30-27(35)29-20-6-2-1-3-7-20/h4-5,8-13,20,22-23,34H,1-3,6-7,14-19H2,(H,31,36)(H2,29,30,35). The summed E-state index contributed by atoms with van der Waals surface area (Å²) in [6, 6.07) is 15.3. The first-order chi connectivity index (χ1) is 18.0. The number of hydrogen-bond acceptors (Lipinski definition) is 5. The van der Waals surface area contributed by atoms with Crippen LogP contribution in [0.3, 0.4) is 0 Å². The van der Waals surface area contributed by atoms with Gasteiger partial charge in [0, 0.05) is 37.4 Å². The van der Waals surface area contributed by atoms with E-state index >= 15 is 0 Å². The van der Waals surface area contributed by atoms with E-state index in [1.807, 2.05) is 28.8 Å². The number of piperidine rings is 1. The fraction of sp³-hybridized carbons (Fsp3) is 0.500. The van der Waals surface area contributed by atoms with Crippen LogP contribution in [0, 0.1) is 0 Å². The number of rotatable bonds is 8. The normalized spacial score (nSPS) is 18.5. The number of carbonyl (C=O) groups is 1. The van der Waals surface area contributed by atoms with E-state index in [9.17, 15) is 14.7 Å². The average Bonchev–Trinajstić information content (AvgIpc) is 3.25. The first-order valence-corrected chi connectivity index (χ1v) is 13.5. The molecule has 1 saturated carbocycles. The van der Waals surface area contributed by atoms with Gasteiger partial charge in [0.1, 0.15) is 18.5 Å². The Hall–Kier alpha value is -3.30. The molecule has 1 aliphatic heterocycles. The molecule has 2 fully saturated rings. The zero-order chi connectivity index (χ0) is 25.6. The lowest BCUT2D eigenvalue weighted by molar-refractivity contribution is 0.0559. The highest BCUT2D eigenvalue weighted by atomic mass is 16.5. The van der Waals surface area contributed by atoms with E-state index in [1.165, 1.54) is 19.3 Å². The van der Waals surface area contributed by atoms with Gasteiger partial charge in [0.15, 0.2) is 0 Å². The summed E-state index contributed by atoms with van der Waals surface area (Å²) in [5.41, 5.74) is 2.47.